The first kappa shape index (κ1) is 64.3. The van der Waals surface area contributed by atoms with Gasteiger partial charge in [-0.25, -0.2) is 14.4 Å². The Balaban J connectivity index is 2.98. The number of rotatable bonds is 12. The van der Waals surface area contributed by atoms with Crippen LogP contribution in [0.25, 0.3) is 0 Å². The Morgan fingerprint density at radius 1 is 0.811 bits per heavy atom. The summed E-state index contributed by atoms with van der Waals surface area (Å²) in [6.45, 7) is 20.8. The van der Waals surface area contributed by atoms with Crippen LogP contribution in [0.15, 0.2) is 53.6 Å². The van der Waals surface area contributed by atoms with Gasteiger partial charge in [0.25, 0.3) is 11.5 Å². The molecule has 0 aliphatic carbocycles. The summed E-state index contributed by atoms with van der Waals surface area (Å²) in [6.07, 6.45) is -6.04. The van der Waals surface area contributed by atoms with E-state index in [-0.39, 0.29) is 5.57 Å². The van der Waals surface area contributed by atoms with Gasteiger partial charge >= 0.3 is 24.1 Å². The number of methoxy groups -OCH3 is 1. The number of hydrogen-bond donors (Lipinski definition) is 2. The lowest BCUT2D eigenvalue weighted by atomic mass is 9.89. The monoisotopic (exact) mass is 1050 g/mol. The summed E-state index contributed by atoms with van der Waals surface area (Å²) >= 11 is 0. The number of carbonyl (C=O) groups excluding carboxylic acids is 8. The minimum absolute atomic E-state index is 0.136. The standard InChI is InChI=1S/C54H82F3N5O12/c1-18-24-34(10)44-36(12)39(72-52(70)53(71-17,54(55,56)57)38-25-22-21-23-26-38)28-27-35(11)50(68)74-45(33(9)20-3)46(64)59-42(31(6)7)48(66)62(16)43(32(8)19-2)49(67)60(14)29-40(63)58-41(30(4)5)47(65)61(15)37(13)51(69)73-44/h21-27,30-33,36-37,39,41-45H,18-20,28-29H2,1-17H3,(H,58,63)(H,59,64)/b34-24+,35-27+/t32-,33+,36+,37+,39+,41+,42+,43+,44-,45-,53+/m1/s1. The molecule has 0 unspecified atom stereocenters. The molecule has 0 bridgehead atoms. The Labute approximate surface area is 435 Å². The maximum Gasteiger partial charge on any atom is 0.432 e. The third-order valence-electron chi connectivity index (χ3n) is 14.1. The third-order valence-corrected chi connectivity index (χ3v) is 14.1. The summed E-state index contributed by atoms with van der Waals surface area (Å²) in [7, 11) is 4.85. The molecular weight excluding hydrogens is 968 g/mol. The molecule has 1 aliphatic heterocycles. The summed E-state index contributed by atoms with van der Waals surface area (Å²) in [6, 6.07) is 1.28. The van der Waals surface area contributed by atoms with Crippen LogP contribution in [0.2, 0.25) is 0 Å². The first-order chi connectivity index (χ1) is 34.4. The van der Waals surface area contributed by atoms with E-state index < -0.39 is 150 Å². The number of nitrogens with zero attached hydrogens (tertiary/aromatic N) is 3. The molecule has 2 N–H and O–H groups in total. The molecule has 1 aliphatic rings. The summed E-state index contributed by atoms with van der Waals surface area (Å²) in [5.41, 5.74) is -3.94. The molecule has 1 aromatic rings. The van der Waals surface area contributed by atoms with Gasteiger partial charge in [-0.05, 0) is 56.9 Å². The van der Waals surface area contributed by atoms with E-state index in [1.165, 1.54) is 71.1 Å². The van der Waals surface area contributed by atoms with Crippen molar-refractivity contribution in [1.29, 1.82) is 0 Å². The molecule has 20 heteroatoms. The fraction of sp³-hybridized carbons (Fsp3) is 0.667. The summed E-state index contributed by atoms with van der Waals surface area (Å²) in [4.78, 5) is 117. The topological polar surface area (TPSA) is 207 Å². The zero-order valence-corrected chi connectivity index (χ0v) is 46.4. The van der Waals surface area contributed by atoms with Gasteiger partial charge in [0, 0.05) is 57.6 Å². The smallest absolute Gasteiger partial charge is 0.432 e. The third kappa shape index (κ3) is 15.6. The van der Waals surface area contributed by atoms with Crippen LogP contribution in [-0.2, 0) is 62.9 Å². The average molecular weight is 1050 g/mol. The number of cyclic esters (lactones) is 2. The first-order valence-corrected chi connectivity index (χ1v) is 25.4. The fourth-order valence-corrected chi connectivity index (χ4v) is 8.62. The molecule has 0 radical (unpaired) electrons. The Hall–Kier alpha value is -5.79. The van der Waals surface area contributed by atoms with Crippen LogP contribution in [0.3, 0.4) is 0 Å². The van der Waals surface area contributed by atoms with E-state index in [2.05, 4.69) is 10.6 Å². The minimum atomic E-state index is -5.37. The highest BCUT2D eigenvalue weighted by molar-refractivity contribution is 5.96. The molecular formula is C54H82F3N5O12. The molecule has 11 atom stereocenters. The predicted molar refractivity (Wildman–Crippen MR) is 271 cm³/mol. The van der Waals surface area contributed by atoms with Crippen molar-refractivity contribution in [3.8, 4) is 0 Å². The molecule has 17 nitrogen and oxygen atoms in total. The van der Waals surface area contributed by atoms with Gasteiger partial charge in [-0.1, -0.05) is 118 Å². The predicted octanol–water partition coefficient (Wildman–Crippen LogP) is 6.67. The molecule has 0 saturated heterocycles. The first-order valence-electron chi connectivity index (χ1n) is 25.4. The number of amides is 5. The maximum absolute atomic E-state index is 15.3. The number of alkyl halides is 3. The van der Waals surface area contributed by atoms with Crippen LogP contribution in [0.1, 0.15) is 121 Å². The molecule has 5 amide bonds. The summed E-state index contributed by atoms with van der Waals surface area (Å²) in [5.74, 6) is -10.6. The molecule has 0 saturated carbocycles. The zero-order chi connectivity index (χ0) is 56.7. The molecule has 416 valence electrons. The second kappa shape index (κ2) is 28.2. The van der Waals surface area contributed by atoms with Crippen LogP contribution in [0.5, 0.6) is 0 Å². The van der Waals surface area contributed by atoms with Gasteiger partial charge in [0.15, 0.2) is 6.10 Å². The van der Waals surface area contributed by atoms with Gasteiger partial charge in [-0.2, -0.15) is 13.2 Å². The van der Waals surface area contributed by atoms with Crippen LogP contribution in [0.4, 0.5) is 13.2 Å². The number of ether oxygens (including phenoxy) is 4. The van der Waals surface area contributed by atoms with E-state index in [1.54, 1.807) is 68.4 Å². The van der Waals surface area contributed by atoms with E-state index in [0.29, 0.717) is 31.9 Å². The number of likely N-dealkylation sites (N-methyl/N-ethyl adjacent to an activating group) is 3. The molecule has 1 heterocycles. The average Bonchev–Trinajstić information content (AvgIpc) is 3.34. The van der Waals surface area contributed by atoms with E-state index in [9.17, 15) is 38.4 Å². The van der Waals surface area contributed by atoms with Crippen molar-refractivity contribution < 1.29 is 70.5 Å². The number of esters is 3. The lowest BCUT2D eigenvalue weighted by Crippen LogP contribution is -2.60. The molecule has 0 fully saturated rings. The van der Waals surface area contributed by atoms with Gasteiger partial charge in [-0.15, -0.1) is 0 Å². The zero-order valence-electron chi connectivity index (χ0n) is 46.4. The van der Waals surface area contributed by atoms with Gasteiger partial charge in [0.05, 0.1) is 6.54 Å². The van der Waals surface area contributed by atoms with Gasteiger partial charge in [-0.3, -0.25) is 24.0 Å². The second-order valence-corrected chi connectivity index (χ2v) is 20.2. The van der Waals surface area contributed by atoms with Crippen molar-refractivity contribution in [2.75, 3.05) is 34.8 Å². The molecule has 1 aromatic carbocycles. The van der Waals surface area contributed by atoms with Crippen molar-refractivity contribution >= 4 is 47.4 Å². The van der Waals surface area contributed by atoms with Gasteiger partial charge < -0.3 is 44.3 Å². The highest BCUT2D eigenvalue weighted by Gasteiger charge is 2.64. The Morgan fingerprint density at radius 2 is 1.35 bits per heavy atom. The number of benzene rings is 1. The van der Waals surface area contributed by atoms with Crippen LogP contribution >= 0.6 is 0 Å². The van der Waals surface area contributed by atoms with Crippen molar-refractivity contribution in [3.63, 3.8) is 0 Å². The maximum atomic E-state index is 15.3. The Kier molecular flexibility index (Phi) is 24.5. The SMILES string of the molecule is CC/C=C(\C)[C@H]1OC(=O)[C@H](C)N(C)C(=O)[C@H](C(C)C)NC(=O)CN(C)C(=O)[C@H]([C@H](C)CC)N(C)C(=O)[C@H](C(C)C)NC(=O)[C@@H]([C@@H](C)CC)OC(=O)/C(C)=C/C[C@H](OC(=O)[C@@](OC)(c2ccccc2)C(F)(F)F)[C@@H]1C. The summed E-state index contributed by atoms with van der Waals surface area (Å²) < 4.78 is 68.6. The number of halogens is 3. The normalized spacial score (nSPS) is 27.1. The van der Waals surface area contributed by atoms with Crippen molar-refractivity contribution in [2.24, 2.45) is 29.6 Å². The molecule has 0 spiro atoms. The van der Waals surface area contributed by atoms with E-state index in [4.69, 9.17) is 18.9 Å². The quantitative estimate of drug-likeness (QED) is 0.128. The van der Waals surface area contributed by atoms with E-state index in [1.807, 2.05) is 6.92 Å². The Bertz CT molecular complexity index is 2180. The number of allylic oxidation sites excluding steroid dienone is 1. The second-order valence-electron chi connectivity index (χ2n) is 20.2. The minimum Gasteiger partial charge on any atom is -0.459 e. The van der Waals surface area contributed by atoms with Crippen LogP contribution in [0, 0.1) is 29.6 Å². The largest absolute Gasteiger partial charge is 0.459 e. The van der Waals surface area contributed by atoms with E-state index in [0.717, 1.165) is 21.9 Å². The number of nitrogens with one attached hydrogen (secondary N) is 2. The van der Waals surface area contributed by atoms with Gasteiger partial charge in [0.2, 0.25) is 23.6 Å². The van der Waals surface area contributed by atoms with Crippen molar-refractivity contribution in [3.05, 3.63) is 59.2 Å². The van der Waals surface area contributed by atoms with Gasteiger partial charge in [0.1, 0.15) is 36.4 Å². The van der Waals surface area contributed by atoms with Crippen molar-refractivity contribution in [2.45, 2.75) is 170 Å². The lowest BCUT2D eigenvalue weighted by Gasteiger charge is -2.37. The highest BCUT2D eigenvalue weighted by Crippen LogP contribution is 2.44. The fourth-order valence-electron chi connectivity index (χ4n) is 8.62. The van der Waals surface area contributed by atoms with Crippen LogP contribution in [-0.4, -0.2) is 146 Å². The highest BCUT2D eigenvalue weighted by atomic mass is 19.4. The number of hydrogen-bond acceptors (Lipinski definition) is 12. The molecule has 74 heavy (non-hydrogen) atoms. The Morgan fingerprint density at radius 3 is 1.85 bits per heavy atom. The van der Waals surface area contributed by atoms with Crippen LogP contribution < -0.4 is 10.6 Å². The molecule has 2 rings (SSSR count). The summed E-state index contributed by atoms with van der Waals surface area (Å²) in [5, 5.41) is 5.44. The lowest BCUT2D eigenvalue weighted by molar-refractivity contribution is -0.279. The molecule has 0 aromatic heterocycles. The number of carbonyl (C=O) groups is 8. The van der Waals surface area contributed by atoms with Crippen molar-refractivity contribution in [1.82, 2.24) is 25.3 Å². The van der Waals surface area contributed by atoms with E-state index >= 15 is 13.2 Å².